The Morgan fingerprint density at radius 3 is 1.69 bits per heavy atom. The Labute approximate surface area is 345 Å². The zero-order chi connectivity index (χ0) is 39.5. The van der Waals surface area contributed by atoms with E-state index in [2.05, 4.69) is 242 Å². The van der Waals surface area contributed by atoms with Crippen molar-refractivity contribution >= 4 is 38.9 Å². The van der Waals surface area contributed by atoms with Crippen molar-refractivity contribution in [3.05, 3.63) is 230 Å². The SMILES string of the molecule is CC1(C)c2ccccc2-c2ccc(N(c3cccc(-n4c5ccccc5c5ccccc54)c3)c3cccc(-c4ccccc4)c3-c3cccc(-c4ccccc4)c3)cc21. The number of nitrogens with zero attached hydrogens (tertiary/aromatic N) is 2. The van der Waals surface area contributed by atoms with Crippen LogP contribution in [0.1, 0.15) is 25.0 Å². The van der Waals surface area contributed by atoms with Gasteiger partial charge in [-0.25, -0.2) is 0 Å². The van der Waals surface area contributed by atoms with E-state index in [0.29, 0.717) is 0 Å². The molecule has 1 heterocycles. The van der Waals surface area contributed by atoms with E-state index in [4.69, 9.17) is 0 Å². The molecule has 1 aliphatic carbocycles. The highest BCUT2D eigenvalue weighted by atomic mass is 15.1. The molecule has 9 aromatic carbocycles. The number of hydrogen-bond acceptors (Lipinski definition) is 1. The third-order valence-corrected chi connectivity index (χ3v) is 12.4. The van der Waals surface area contributed by atoms with E-state index >= 15 is 0 Å². The lowest BCUT2D eigenvalue weighted by Crippen LogP contribution is -2.17. The van der Waals surface area contributed by atoms with E-state index in [1.54, 1.807) is 0 Å². The van der Waals surface area contributed by atoms with Crippen molar-refractivity contribution in [2.24, 2.45) is 0 Å². The van der Waals surface area contributed by atoms with Crippen LogP contribution in [0.2, 0.25) is 0 Å². The molecule has 0 spiro atoms. The predicted molar refractivity (Wildman–Crippen MR) is 249 cm³/mol. The third kappa shape index (κ3) is 5.71. The van der Waals surface area contributed by atoms with Crippen molar-refractivity contribution in [1.82, 2.24) is 4.57 Å². The van der Waals surface area contributed by atoms with Crippen molar-refractivity contribution in [2.75, 3.05) is 4.90 Å². The Morgan fingerprint density at radius 1 is 0.373 bits per heavy atom. The average Bonchev–Trinajstić information content (AvgIpc) is 3.75. The largest absolute Gasteiger partial charge is 0.310 e. The van der Waals surface area contributed by atoms with Crippen LogP contribution in [0.3, 0.4) is 0 Å². The minimum absolute atomic E-state index is 0.156. The fraction of sp³-hybridized carbons (Fsp3) is 0.0526. The minimum Gasteiger partial charge on any atom is -0.310 e. The van der Waals surface area contributed by atoms with Crippen molar-refractivity contribution in [1.29, 1.82) is 0 Å². The molecule has 0 radical (unpaired) electrons. The molecule has 0 saturated heterocycles. The first kappa shape index (κ1) is 34.8. The Kier molecular flexibility index (Phi) is 8.20. The van der Waals surface area contributed by atoms with Gasteiger partial charge in [0, 0.05) is 38.8 Å². The highest BCUT2D eigenvalue weighted by Crippen LogP contribution is 2.52. The van der Waals surface area contributed by atoms with E-state index in [1.165, 1.54) is 77.4 Å². The summed E-state index contributed by atoms with van der Waals surface area (Å²) in [5, 5.41) is 2.50. The van der Waals surface area contributed by atoms with Gasteiger partial charge in [-0.2, -0.15) is 0 Å². The van der Waals surface area contributed by atoms with Gasteiger partial charge in [0.25, 0.3) is 0 Å². The Morgan fingerprint density at radius 2 is 0.932 bits per heavy atom. The van der Waals surface area contributed by atoms with Crippen molar-refractivity contribution in [3.8, 4) is 50.2 Å². The van der Waals surface area contributed by atoms with Crippen LogP contribution in [0, 0.1) is 0 Å². The normalized spacial score (nSPS) is 12.7. The van der Waals surface area contributed by atoms with Crippen LogP contribution in [0.4, 0.5) is 17.1 Å². The topological polar surface area (TPSA) is 8.17 Å². The molecule has 0 amide bonds. The van der Waals surface area contributed by atoms with Crippen LogP contribution in [-0.2, 0) is 5.41 Å². The molecule has 0 atom stereocenters. The molecule has 0 aliphatic heterocycles. The third-order valence-electron chi connectivity index (χ3n) is 12.4. The molecule has 2 heteroatoms. The Hall–Kier alpha value is -7.42. The lowest BCUT2D eigenvalue weighted by Gasteiger charge is -2.31. The summed E-state index contributed by atoms with van der Waals surface area (Å²) in [6, 6.07) is 80.0. The number of fused-ring (bicyclic) bond motifs is 6. The fourth-order valence-electron chi connectivity index (χ4n) is 9.60. The van der Waals surface area contributed by atoms with Crippen LogP contribution in [0.25, 0.3) is 72.0 Å². The summed E-state index contributed by atoms with van der Waals surface area (Å²) in [5.41, 5.74) is 19.1. The fourth-order valence-corrected chi connectivity index (χ4v) is 9.60. The Bertz CT molecular complexity index is 3140. The maximum absolute atomic E-state index is 2.49. The first-order valence-electron chi connectivity index (χ1n) is 20.5. The number of benzene rings is 9. The zero-order valence-electron chi connectivity index (χ0n) is 33.2. The molecule has 1 aliphatic rings. The lowest BCUT2D eigenvalue weighted by atomic mass is 9.82. The molecule has 0 fully saturated rings. The summed E-state index contributed by atoms with van der Waals surface area (Å²) in [6.45, 7) is 4.73. The van der Waals surface area contributed by atoms with Crippen molar-refractivity contribution in [3.63, 3.8) is 0 Å². The van der Waals surface area contributed by atoms with E-state index in [0.717, 1.165) is 22.7 Å². The highest BCUT2D eigenvalue weighted by molar-refractivity contribution is 6.09. The molecule has 2 nitrogen and oxygen atoms in total. The van der Waals surface area contributed by atoms with Gasteiger partial charge in [0.1, 0.15) is 0 Å². The summed E-state index contributed by atoms with van der Waals surface area (Å²) in [4.78, 5) is 2.49. The van der Waals surface area contributed by atoms with Gasteiger partial charge in [-0.15, -0.1) is 0 Å². The molecule has 11 rings (SSSR count). The van der Waals surface area contributed by atoms with E-state index in [9.17, 15) is 0 Å². The molecule has 0 N–H and O–H groups in total. The minimum atomic E-state index is -0.156. The summed E-state index contributed by atoms with van der Waals surface area (Å²) >= 11 is 0. The van der Waals surface area contributed by atoms with E-state index in [-0.39, 0.29) is 5.41 Å². The van der Waals surface area contributed by atoms with Gasteiger partial charge in [-0.1, -0.05) is 178 Å². The number of hydrogen-bond donors (Lipinski definition) is 0. The number of aromatic nitrogens is 1. The second-order valence-corrected chi connectivity index (χ2v) is 16.1. The zero-order valence-corrected chi connectivity index (χ0v) is 33.2. The van der Waals surface area contributed by atoms with Gasteiger partial charge in [0.05, 0.1) is 16.7 Å². The molecular weight excluding hydrogens is 713 g/mol. The van der Waals surface area contributed by atoms with Gasteiger partial charge < -0.3 is 9.47 Å². The summed E-state index contributed by atoms with van der Waals surface area (Å²) in [7, 11) is 0. The highest BCUT2D eigenvalue weighted by Gasteiger charge is 2.36. The predicted octanol–water partition coefficient (Wildman–Crippen LogP) is 15.6. The number of para-hydroxylation sites is 2. The van der Waals surface area contributed by atoms with Crippen LogP contribution in [-0.4, -0.2) is 4.57 Å². The standard InChI is InChI=1S/C57H42N2/c1-57(2)51-30-12-9-26-47(51)48-35-34-45(38-52(48)57)58(43-24-16-25-44(37-43)59-53-31-13-10-27-49(53)50-28-11-14-32-54(50)59)55-33-17-29-46(40-20-7-4-8-21-40)56(55)42-23-15-22-41(36-42)39-18-5-3-6-19-39/h3-38H,1-2H3. The van der Waals surface area contributed by atoms with Gasteiger partial charge in [-0.3, -0.25) is 0 Å². The maximum Gasteiger partial charge on any atom is 0.0546 e. The Balaban J connectivity index is 1.19. The first-order chi connectivity index (χ1) is 29.0. The second kappa shape index (κ2) is 13.9. The monoisotopic (exact) mass is 754 g/mol. The molecule has 0 unspecified atom stereocenters. The van der Waals surface area contributed by atoms with Gasteiger partial charge >= 0.3 is 0 Å². The maximum atomic E-state index is 2.49. The van der Waals surface area contributed by atoms with Crippen LogP contribution >= 0.6 is 0 Å². The van der Waals surface area contributed by atoms with Gasteiger partial charge in [0.2, 0.25) is 0 Å². The second-order valence-electron chi connectivity index (χ2n) is 16.1. The molecule has 0 bridgehead atoms. The summed E-state index contributed by atoms with van der Waals surface area (Å²) < 4.78 is 2.42. The molecule has 0 saturated carbocycles. The first-order valence-corrected chi connectivity index (χ1v) is 20.5. The lowest BCUT2D eigenvalue weighted by molar-refractivity contribution is 0.660. The van der Waals surface area contributed by atoms with Crippen LogP contribution < -0.4 is 4.90 Å². The molecular formula is C57H42N2. The summed E-state index contributed by atoms with van der Waals surface area (Å²) in [5.74, 6) is 0. The van der Waals surface area contributed by atoms with Gasteiger partial charge in [0.15, 0.2) is 0 Å². The average molecular weight is 755 g/mol. The summed E-state index contributed by atoms with van der Waals surface area (Å²) in [6.07, 6.45) is 0. The van der Waals surface area contributed by atoms with E-state index < -0.39 is 0 Å². The number of anilines is 3. The molecule has 1 aromatic heterocycles. The van der Waals surface area contributed by atoms with Gasteiger partial charge in [-0.05, 0) is 105 Å². The smallest absolute Gasteiger partial charge is 0.0546 e. The van der Waals surface area contributed by atoms with Crippen molar-refractivity contribution < 1.29 is 0 Å². The molecule has 10 aromatic rings. The number of rotatable bonds is 7. The van der Waals surface area contributed by atoms with Crippen LogP contribution in [0.15, 0.2) is 218 Å². The van der Waals surface area contributed by atoms with E-state index in [1.807, 2.05) is 0 Å². The quantitative estimate of drug-likeness (QED) is 0.157. The van der Waals surface area contributed by atoms with Crippen molar-refractivity contribution in [2.45, 2.75) is 19.3 Å². The molecule has 280 valence electrons. The van der Waals surface area contributed by atoms with Crippen LogP contribution in [0.5, 0.6) is 0 Å². The molecule has 59 heavy (non-hydrogen) atoms.